The average Bonchev–Trinajstić information content (AvgIpc) is 2.90. The van der Waals surface area contributed by atoms with Crippen molar-refractivity contribution in [2.45, 2.75) is 26.9 Å². The molecule has 1 unspecified atom stereocenters. The second-order valence-electron chi connectivity index (χ2n) is 6.18. The zero-order valence-corrected chi connectivity index (χ0v) is 15.5. The molecule has 3 aromatic rings. The molecule has 1 aromatic heterocycles. The van der Waals surface area contributed by atoms with Gasteiger partial charge in [0.05, 0.1) is 5.56 Å². The first-order chi connectivity index (χ1) is 12.3. The van der Waals surface area contributed by atoms with Crippen molar-refractivity contribution in [2.75, 3.05) is 5.32 Å². The van der Waals surface area contributed by atoms with Gasteiger partial charge in [-0.1, -0.05) is 11.6 Å². The first-order valence-corrected chi connectivity index (χ1v) is 8.59. The lowest BCUT2D eigenvalue weighted by Crippen LogP contribution is -2.30. The van der Waals surface area contributed by atoms with Crippen LogP contribution in [0.25, 0.3) is 10.9 Å². The number of esters is 1. The van der Waals surface area contributed by atoms with E-state index in [0.29, 0.717) is 16.3 Å². The number of ether oxygens (including phenoxy) is 1. The molecule has 1 amide bonds. The summed E-state index contributed by atoms with van der Waals surface area (Å²) in [4.78, 5) is 27.9. The van der Waals surface area contributed by atoms with E-state index in [2.05, 4.69) is 10.3 Å². The van der Waals surface area contributed by atoms with Crippen molar-refractivity contribution in [1.29, 1.82) is 0 Å². The van der Waals surface area contributed by atoms with Gasteiger partial charge in [0.25, 0.3) is 5.91 Å². The van der Waals surface area contributed by atoms with Crippen LogP contribution in [0.4, 0.5) is 5.69 Å². The minimum atomic E-state index is -0.928. The summed E-state index contributed by atoms with van der Waals surface area (Å²) < 4.78 is 5.30. The molecule has 134 valence electrons. The van der Waals surface area contributed by atoms with E-state index >= 15 is 0 Å². The van der Waals surface area contributed by atoms with Gasteiger partial charge in [-0.2, -0.15) is 0 Å². The van der Waals surface area contributed by atoms with E-state index < -0.39 is 18.0 Å². The molecule has 0 spiro atoms. The summed E-state index contributed by atoms with van der Waals surface area (Å²) in [7, 11) is 0. The third-order valence-corrected chi connectivity index (χ3v) is 4.56. The van der Waals surface area contributed by atoms with Crippen LogP contribution in [0.1, 0.15) is 28.5 Å². The highest BCUT2D eigenvalue weighted by atomic mass is 35.5. The maximum absolute atomic E-state index is 12.4. The van der Waals surface area contributed by atoms with Crippen molar-refractivity contribution in [2.24, 2.45) is 0 Å². The maximum atomic E-state index is 12.4. The number of carbonyl (C=O) groups is 2. The second kappa shape index (κ2) is 7.22. The molecule has 0 aliphatic heterocycles. The molecule has 1 heterocycles. The molecule has 1 atom stereocenters. The quantitative estimate of drug-likeness (QED) is 0.658. The highest BCUT2D eigenvalue weighted by molar-refractivity contribution is 6.30. The molecule has 6 heteroatoms. The Morgan fingerprint density at radius 2 is 1.81 bits per heavy atom. The number of anilines is 1. The number of aromatic amines is 1. The van der Waals surface area contributed by atoms with Crippen LogP contribution in [-0.2, 0) is 9.53 Å². The summed E-state index contributed by atoms with van der Waals surface area (Å²) in [6.45, 7) is 5.51. The SMILES string of the molecule is Cc1[nH]c2ccc(C(=O)OC(C)C(=O)Nc3ccc(Cl)cc3)cc2c1C. The van der Waals surface area contributed by atoms with Gasteiger partial charge in [-0.3, -0.25) is 4.79 Å². The molecule has 0 radical (unpaired) electrons. The summed E-state index contributed by atoms with van der Waals surface area (Å²) in [5.41, 5.74) is 4.10. The molecular weight excluding hydrogens is 352 g/mol. The standard InChI is InChI=1S/C20H19ClN2O3/c1-11-12(2)22-18-9-4-14(10-17(11)18)20(25)26-13(3)19(24)23-16-7-5-15(21)6-8-16/h4-10,13,22H,1-3H3,(H,23,24). The van der Waals surface area contributed by atoms with Crippen LogP contribution in [0, 0.1) is 13.8 Å². The summed E-state index contributed by atoms with van der Waals surface area (Å²) in [6, 6.07) is 12.0. The first-order valence-electron chi connectivity index (χ1n) is 8.21. The lowest BCUT2D eigenvalue weighted by molar-refractivity contribution is -0.123. The summed E-state index contributed by atoms with van der Waals surface area (Å²) in [5, 5.41) is 4.23. The smallest absolute Gasteiger partial charge is 0.338 e. The minimum Gasteiger partial charge on any atom is -0.449 e. The number of benzene rings is 2. The second-order valence-corrected chi connectivity index (χ2v) is 6.62. The van der Waals surface area contributed by atoms with Gasteiger partial charge in [0.2, 0.25) is 0 Å². The van der Waals surface area contributed by atoms with Crippen LogP contribution < -0.4 is 5.32 Å². The number of hydrogen-bond donors (Lipinski definition) is 2. The molecule has 2 N–H and O–H groups in total. The number of amides is 1. The van der Waals surface area contributed by atoms with Crippen LogP contribution >= 0.6 is 11.6 Å². The minimum absolute atomic E-state index is 0.407. The van der Waals surface area contributed by atoms with Crippen LogP contribution in [0.3, 0.4) is 0 Å². The number of fused-ring (bicyclic) bond motifs is 1. The Hall–Kier alpha value is -2.79. The molecule has 0 aliphatic carbocycles. The third kappa shape index (κ3) is 3.73. The van der Waals surface area contributed by atoms with Crippen molar-refractivity contribution in [3.63, 3.8) is 0 Å². The van der Waals surface area contributed by atoms with E-state index in [-0.39, 0.29) is 0 Å². The number of hydrogen-bond acceptors (Lipinski definition) is 3. The summed E-state index contributed by atoms with van der Waals surface area (Å²) in [6.07, 6.45) is -0.928. The van der Waals surface area contributed by atoms with Gasteiger partial charge in [0.1, 0.15) is 0 Å². The fourth-order valence-electron chi connectivity index (χ4n) is 2.65. The molecule has 26 heavy (non-hydrogen) atoms. The molecule has 0 aliphatic rings. The normalized spacial score (nSPS) is 12.0. The number of carbonyl (C=O) groups excluding carboxylic acids is 2. The van der Waals surface area contributed by atoms with E-state index in [4.69, 9.17) is 16.3 Å². The Balaban J connectivity index is 1.69. The van der Waals surface area contributed by atoms with Crippen molar-refractivity contribution < 1.29 is 14.3 Å². The van der Waals surface area contributed by atoms with Gasteiger partial charge in [-0.05, 0) is 68.8 Å². The number of H-pyrrole nitrogens is 1. The zero-order chi connectivity index (χ0) is 18.8. The van der Waals surface area contributed by atoms with Gasteiger partial charge in [0.15, 0.2) is 6.10 Å². The van der Waals surface area contributed by atoms with Crippen molar-refractivity contribution in [1.82, 2.24) is 4.98 Å². The first kappa shape index (κ1) is 18.0. The Kier molecular flexibility index (Phi) is 5.00. The number of rotatable bonds is 4. The van der Waals surface area contributed by atoms with Gasteiger partial charge in [0, 0.05) is 27.3 Å². The number of aromatic nitrogens is 1. The lowest BCUT2D eigenvalue weighted by atomic mass is 10.1. The van der Waals surface area contributed by atoms with Crippen LogP contribution in [0.5, 0.6) is 0 Å². The number of aryl methyl sites for hydroxylation is 2. The number of nitrogens with one attached hydrogen (secondary N) is 2. The molecule has 5 nitrogen and oxygen atoms in total. The van der Waals surface area contributed by atoms with Gasteiger partial charge < -0.3 is 15.0 Å². The lowest BCUT2D eigenvalue weighted by Gasteiger charge is -2.13. The molecule has 0 saturated heterocycles. The van der Waals surface area contributed by atoms with E-state index in [1.807, 2.05) is 19.9 Å². The van der Waals surface area contributed by atoms with Crippen molar-refractivity contribution in [3.8, 4) is 0 Å². The van der Waals surface area contributed by atoms with Gasteiger partial charge in [-0.25, -0.2) is 4.79 Å². The molecule has 0 bridgehead atoms. The van der Waals surface area contributed by atoms with Gasteiger partial charge in [-0.15, -0.1) is 0 Å². The Morgan fingerprint density at radius 3 is 2.50 bits per heavy atom. The summed E-state index contributed by atoms with van der Waals surface area (Å²) >= 11 is 5.82. The molecule has 0 saturated carbocycles. The Bertz CT molecular complexity index is 977. The van der Waals surface area contributed by atoms with Crippen LogP contribution in [-0.4, -0.2) is 23.0 Å². The number of halogens is 1. The average molecular weight is 371 g/mol. The molecule has 3 rings (SSSR count). The largest absolute Gasteiger partial charge is 0.449 e. The fourth-order valence-corrected chi connectivity index (χ4v) is 2.77. The highest BCUT2D eigenvalue weighted by Crippen LogP contribution is 2.23. The van der Waals surface area contributed by atoms with Crippen LogP contribution in [0.2, 0.25) is 5.02 Å². The van der Waals surface area contributed by atoms with E-state index in [9.17, 15) is 9.59 Å². The Morgan fingerprint density at radius 1 is 1.12 bits per heavy atom. The Labute approximate surface area is 156 Å². The summed E-state index contributed by atoms with van der Waals surface area (Å²) in [5.74, 6) is -0.945. The van der Waals surface area contributed by atoms with E-state index in [1.165, 1.54) is 6.92 Å². The van der Waals surface area contributed by atoms with Crippen molar-refractivity contribution >= 4 is 40.1 Å². The highest BCUT2D eigenvalue weighted by Gasteiger charge is 2.20. The third-order valence-electron chi connectivity index (χ3n) is 4.31. The fraction of sp³-hybridized carbons (Fsp3) is 0.200. The molecule has 0 fully saturated rings. The molecule has 2 aromatic carbocycles. The predicted octanol–water partition coefficient (Wildman–Crippen LogP) is 4.62. The topological polar surface area (TPSA) is 71.2 Å². The molecular formula is C20H19ClN2O3. The van der Waals surface area contributed by atoms with E-state index in [0.717, 1.165) is 22.2 Å². The van der Waals surface area contributed by atoms with Crippen LogP contribution in [0.15, 0.2) is 42.5 Å². The maximum Gasteiger partial charge on any atom is 0.338 e. The van der Waals surface area contributed by atoms with E-state index in [1.54, 1.807) is 36.4 Å². The monoisotopic (exact) mass is 370 g/mol. The zero-order valence-electron chi connectivity index (χ0n) is 14.7. The van der Waals surface area contributed by atoms with Crippen molar-refractivity contribution in [3.05, 3.63) is 64.3 Å². The predicted molar refractivity (Wildman–Crippen MR) is 103 cm³/mol. The van der Waals surface area contributed by atoms with Gasteiger partial charge >= 0.3 is 5.97 Å².